The third-order valence-electron chi connectivity index (χ3n) is 6.08. The van der Waals surface area contributed by atoms with E-state index in [9.17, 15) is 0 Å². The molecule has 0 unspecified atom stereocenters. The zero-order valence-corrected chi connectivity index (χ0v) is 16.6. The number of hydrogen-bond donors (Lipinski definition) is 0. The first-order valence-electron chi connectivity index (χ1n) is 10.3. The van der Waals surface area contributed by atoms with Crippen molar-refractivity contribution in [1.29, 1.82) is 0 Å². The van der Waals surface area contributed by atoms with Gasteiger partial charge < -0.3 is 4.90 Å². The highest BCUT2D eigenvalue weighted by Gasteiger charge is 2.29. The maximum absolute atomic E-state index is 5.04. The predicted octanol–water partition coefficient (Wildman–Crippen LogP) is 4.68. The van der Waals surface area contributed by atoms with Crippen LogP contribution in [-0.2, 0) is 12.8 Å². The first-order valence-corrected chi connectivity index (χ1v) is 10.3. The van der Waals surface area contributed by atoms with Gasteiger partial charge in [-0.1, -0.05) is 37.6 Å². The minimum Gasteiger partial charge on any atom is -0.356 e. The monoisotopic (exact) mass is 360 g/mol. The lowest BCUT2D eigenvalue weighted by molar-refractivity contribution is 0.353. The van der Waals surface area contributed by atoms with E-state index in [4.69, 9.17) is 10.1 Å². The van der Waals surface area contributed by atoms with E-state index in [1.54, 1.807) is 0 Å². The van der Waals surface area contributed by atoms with Crippen LogP contribution >= 0.6 is 0 Å². The Morgan fingerprint density at radius 3 is 2.63 bits per heavy atom. The topological polar surface area (TPSA) is 33.4 Å². The van der Waals surface area contributed by atoms with Crippen molar-refractivity contribution in [1.82, 2.24) is 14.6 Å². The second kappa shape index (κ2) is 6.36. The molecule has 27 heavy (non-hydrogen) atoms. The van der Waals surface area contributed by atoms with Gasteiger partial charge in [-0.3, -0.25) is 0 Å². The number of benzene rings is 1. The summed E-state index contributed by atoms with van der Waals surface area (Å²) >= 11 is 0. The quantitative estimate of drug-likeness (QED) is 0.665. The van der Waals surface area contributed by atoms with Gasteiger partial charge in [0.2, 0.25) is 0 Å². The van der Waals surface area contributed by atoms with Crippen LogP contribution in [0.3, 0.4) is 0 Å². The Balaban J connectivity index is 1.68. The molecular formula is C23H28N4. The largest absolute Gasteiger partial charge is 0.356 e. The van der Waals surface area contributed by atoms with Gasteiger partial charge in [0.15, 0.2) is 5.65 Å². The minimum absolute atomic E-state index is 0.723. The number of anilines is 1. The SMILES string of the molecule is Cc1cccc(-c2cc3nc4c(c(N5C[C@@H](C)C[C@H](C)C5)n3n2)CCC4)c1. The first kappa shape index (κ1) is 16.8. The van der Waals surface area contributed by atoms with Crippen LogP contribution in [0.25, 0.3) is 16.9 Å². The molecule has 2 aliphatic rings. The van der Waals surface area contributed by atoms with Gasteiger partial charge in [-0.25, -0.2) is 4.98 Å². The summed E-state index contributed by atoms with van der Waals surface area (Å²) in [6.45, 7) is 9.13. The molecule has 3 aromatic rings. The van der Waals surface area contributed by atoms with Crippen molar-refractivity contribution < 1.29 is 0 Å². The summed E-state index contributed by atoms with van der Waals surface area (Å²) in [5, 5.41) is 5.04. The van der Waals surface area contributed by atoms with E-state index in [0.29, 0.717) is 0 Å². The number of hydrogen-bond acceptors (Lipinski definition) is 3. The van der Waals surface area contributed by atoms with Crippen LogP contribution in [0.4, 0.5) is 5.82 Å². The van der Waals surface area contributed by atoms with Gasteiger partial charge in [0.25, 0.3) is 0 Å². The molecule has 1 aliphatic heterocycles. The van der Waals surface area contributed by atoms with Crippen LogP contribution in [0.5, 0.6) is 0 Å². The molecular weight excluding hydrogens is 332 g/mol. The molecule has 140 valence electrons. The van der Waals surface area contributed by atoms with E-state index in [2.05, 4.69) is 60.5 Å². The Kier molecular flexibility index (Phi) is 3.96. The average molecular weight is 361 g/mol. The van der Waals surface area contributed by atoms with Crippen molar-refractivity contribution >= 4 is 11.5 Å². The van der Waals surface area contributed by atoms with Gasteiger partial charge in [0, 0.05) is 36.0 Å². The molecule has 3 heterocycles. The normalized spacial score (nSPS) is 22.4. The highest BCUT2D eigenvalue weighted by atomic mass is 15.4. The summed E-state index contributed by atoms with van der Waals surface area (Å²) in [6.07, 6.45) is 4.77. The van der Waals surface area contributed by atoms with Crippen molar-refractivity contribution in [3.8, 4) is 11.3 Å². The van der Waals surface area contributed by atoms with Crippen LogP contribution in [-0.4, -0.2) is 27.7 Å². The Hall–Kier alpha value is -2.36. The van der Waals surface area contributed by atoms with E-state index in [1.807, 2.05) is 0 Å². The van der Waals surface area contributed by atoms with Crippen LogP contribution in [0.15, 0.2) is 30.3 Å². The van der Waals surface area contributed by atoms with E-state index in [0.717, 1.165) is 49.1 Å². The highest BCUT2D eigenvalue weighted by molar-refractivity contribution is 5.68. The van der Waals surface area contributed by atoms with Crippen LogP contribution in [0.2, 0.25) is 0 Å². The third-order valence-corrected chi connectivity index (χ3v) is 6.08. The molecule has 0 saturated carbocycles. The number of aryl methyl sites for hydroxylation is 2. The summed E-state index contributed by atoms with van der Waals surface area (Å²) in [4.78, 5) is 7.58. The summed E-state index contributed by atoms with van der Waals surface area (Å²) in [7, 11) is 0. The molecule has 2 aromatic heterocycles. The molecule has 0 spiro atoms. The second-order valence-corrected chi connectivity index (χ2v) is 8.73. The Morgan fingerprint density at radius 1 is 1.04 bits per heavy atom. The average Bonchev–Trinajstić information content (AvgIpc) is 3.24. The molecule has 1 fully saturated rings. The van der Waals surface area contributed by atoms with Gasteiger partial charge in [0.05, 0.1) is 5.69 Å². The fourth-order valence-corrected chi connectivity index (χ4v) is 5.07. The predicted molar refractivity (Wildman–Crippen MR) is 110 cm³/mol. The lowest BCUT2D eigenvalue weighted by atomic mass is 9.91. The Bertz CT molecular complexity index is 993. The standard InChI is InChI=1S/C23H28N4/c1-15-6-4-7-18(11-15)21-12-22-24-20-9-5-8-19(20)23(27(22)25-21)26-13-16(2)10-17(3)14-26/h4,6-7,11-12,16-17H,5,8-10,13-14H2,1-3H3/t16-,17-/m0/s1. The molecule has 0 bridgehead atoms. The van der Waals surface area contributed by atoms with Crippen molar-refractivity contribution in [2.24, 2.45) is 11.8 Å². The molecule has 0 amide bonds. The Morgan fingerprint density at radius 2 is 1.85 bits per heavy atom. The zero-order valence-electron chi connectivity index (χ0n) is 16.6. The minimum atomic E-state index is 0.723. The third kappa shape index (κ3) is 2.91. The van der Waals surface area contributed by atoms with Gasteiger partial charge in [-0.05, 0) is 50.5 Å². The van der Waals surface area contributed by atoms with Crippen molar-refractivity contribution in [3.63, 3.8) is 0 Å². The zero-order chi connectivity index (χ0) is 18.5. The lowest BCUT2D eigenvalue weighted by Gasteiger charge is -2.37. The molecule has 4 nitrogen and oxygen atoms in total. The molecule has 2 atom stereocenters. The van der Waals surface area contributed by atoms with Gasteiger partial charge in [-0.15, -0.1) is 0 Å². The number of fused-ring (bicyclic) bond motifs is 2. The van der Waals surface area contributed by atoms with Crippen molar-refractivity contribution in [2.75, 3.05) is 18.0 Å². The molecule has 1 saturated heterocycles. The van der Waals surface area contributed by atoms with Crippen molar-refractivity contribution in [3.05, 3.63) is 47.2 Å². The highest BCUT2D eigenvalue weighted by Crippen LogP contribution is 2.35. The van der Waals surface area contributed by atoms with E-state index < -0.39 is 0 Å². The number of aromatic nitrogens is 3. The van der Waals surface area contributed by atoms with E-state index in [-0.39, 0.29) is 0 Å². The van der Waals surface area contributed by atoms with Gasteiger partial charge >= 0.3 is 0 Å². The van der Waals surface area contributed by atoms with Crippen LogP contribution in [0.1, 0.15) is 43.5 Å². The molecule has 0 N–H and O–H groups in total. The maximum Gasteiger partial charge on any atom is 0.158 e. The smallest absolute Gasteiger partial charge is 0.158 e. The summed E-state index contributed by atoms with van der Waals surface area (Å²) in [5.74, 6) is 2.76. The molecule has 4 heteroatoms. The maximum atomic E-state index is 5.04. The van der Waals surface area contributed by atoms with Gasteiger partial charge in [0.1, 0.15) is 5.82 Å². The first-order chi connectivity index (χ1) is 13.1. The summed E-state index contributed by atoms with van der Waals surface area (Å²) in [5.41, 5.74) is 7.18. The van der Waals surface area contributed by atoms with Crippen LogP contribution in [0, 0.1) is 18.8 Å². The molecule has 1 aromatic carbocycles. The summed E-state index contributed by atoms with van der Waals surface area (Å²) < 4.78 is 2.13. The molecule has 1 aliphatic carbocycles. The summed E-state index contributed by atoms with van der Waals surface area (Å²) in [6, 6.07) is 10.8. The van der Waals surface area contributed by atoms with E-state index in [1.165, 1.54) is 41.0 Å². The second-order valence-electron chi connectivity index (χ2n) is 8.73. The Labute approximate surface area is 161 Å². The van der Waals surface area contributed by atoms with E-state index >= 15 is 0 Å². The van der Waals surface area contributed by atoms with Crippen LogP contribution < -0.4 is 4.90 Å². The number of rotatable bonds is 2. The molecule has 0 radical (unpaired) electrons. The fraction of sp³-hybridized carbons (Fsp3) is 0.478. The fourth-order valence-electron chi connectivity index (χ4n) is 5.07. The van der Waals surface area contributed by atoms with Gasteiger partial charge in [-0.2, -0.15) is 9.61 Å². The lowest BCUT2D eigenvalue weighted by Crippen LogP contribution is -2.40. The number of nitrogens with zero attached hydrogens (tertiary/aromatic N) is 4. The molecule has 5 rings (SSSR count). The number of piperidine rings is 1. The van der Waals surface area contributed by atoms with Crippen molar-refractivity contribution in [2.45, 2.75) is 46.5 Å².